The van der Waals surface area contributed by atoms with Gasteiger partial charge in [-0.1, -0.05) is 23.4 Å². The van der Waals surface area contributed by atoms with Crippen molar-refractivity contribution in [1.82, 2.24) is 10.3 Å². The fourth-order valence-electron chi connectivity index (χ4n) is 3.64. The third kappa shape index (κ3) is 8.19. The van der Waals surface area contributed by atoms with Gasteiger partial charge in [0.05, 0.1) is 16.8 Å². The second kappa shape index (κ2) is 14.8. The lowest BCUT2D eigenvalue weighted by molar-refractivity contribution is -0.123. The van der Waals surface area contributed by atoms with E-state index in [9.17, 15) is 9.59 Å². The summed E-state index contributed by atoms with van der Waals surface area (Å²) < 4.78 is 1.18. The van der Waals surface area contributed by atoms with E-state index >= 15 is 0 Å². The minimum Gasteiger partial charge on any atom is -0.483 e. The number of hydrogen-bond donors (Lipinski definition) is 2. The van der Waals surface area contributed by atoms with Crippen LogP contribution >= 0.6 is 22.9 Å². The number of benzene rings is 1. The number of pyridine rings is 1. The SMILES string of the molecule is C=NC1=C(C(C)=O)CC(=O)CC1.CNCC#Cc1ccc(Cl)cc1-c1ccnc2c(C)csc12.O=CO. The summed E-state index contributed by atoms with van der Waals surface area (Å²) in [4.78, 5) is 38.6. The number of thiophene rings is 1. The molecule has 2 aromatic heterocycles. The summed E-state index contributed by atoms with van der Waals surface area (Å²) in [6.07, 6.45) is 3.15. The summed E-state index contributed by atoms with van der Waals surface area (Å²) in [6.45, 7) is 7.32. The lowest BCUT2D eigenvalue weighted by Gasteiger charge is -2.13. The van der Waals surface area contributed by atoms with E-state index < -0.39 is 0 Å². The molecular formula is C28H28ClN3O4S. The highest BCUT2D eigenvalue weighted by atomic mass is 35.5. The van der Waals surface area contributed by atoms with Crippen LogP contribution in [-0.4, -0.2) is 48.4 Å². The number of carbonyl (C=O) groups excluding carboxylic acids is 2. The number of nitrogens with one attached hydrogen (secondary N) is 1. The summed E-state index contributed by atoms with van der Waals surface area (Å²) in [6, 6.07) is 7.88. The predicted molar refractivity (Wildman–Crippen MR) is 150 cm³/mol. The number of aliphatic imine (C=N–C) groups is 1. The van der Waals surface area contributed by atoms with Crippen LogP contribution in [0.4, 0.5) is 0 Å². The maximum absolute atomic E-state index is 11.0. The molecule has 2 heterocycles. The number of nitrogens with zero attached hydrogens (tertiary/aromatic N) is 2. The number of hydrogen-bond acceptors (Lipinski definition) is 7. The third-order valence-corrected chi connectivity index (χ3v) is 6.73. The molecule has 0 aliphatic heterocycles. The molecule has 0 amide bonds. The van der Waals surface area contributed by atoms with E-state index in [0.29, 0.717) is 35.7 Å². The van der Waals surface area contributed by atoms with Crippen molar-refractivity contribution < 1.29 is 19.5 Å². The standard InChI is InChI=1S/C18H15ClN2S.C9H11NO2.CH2O2/c1-12-11-22-18-15(7-9-21-17(12)18)16-10-14(19)6-5-13(16)4-3-8-20-2;1-6(11)8-5-7(12)3-4-9(8)10-2;2-1-3/h5-7,9-11,20H,8H2,1-2H3;2-5H2,1H3;1H,(H,2,3). The zero-order valence-electron chi connectivity index (χ0n) is 20.9. The van der Waals surface area contributed by atoms with Crippen LogP contribution in [0.15, 0.2) is 52.1 Å². The molecule has 0 atom stereocenters. The number of aromatic nitrogens is 1. The topological polar surface area (TPSA) is 109 Å². The van der Waals surface area contributed by atoms with Gasteiger partial charge in [-0.15, -0.1) is 11.3 Å². The lowest BCUT2D eigenvalue weighted by Crippen LogP contribution is -2.13. The number of halogens is 1. The first kappa shape index (κ1) is 29.6. The molecule has 9 heteroatoms. The normalized spacial score (nSPS) is 12.4. The zero-order chi connectivity index (χ0) is 27.4. The fourth-order valence-corrected chi connectivity index (χ4v) is 4.85. The van der Waals surface area contributed by atoms with E-state index in [-0.39, 0.29) is 24.5 Å². The summed E-state index contributed by atoms with van der Waals surface area (Å²) >= 11 is 7.92. The van der Waals surface area contributed by atoms with E-state index in [1.807, 2.05) is 37.5 Å². The second-order valence-corrected chi connectivity index (χ2v) is 9.25. The van der Waals surface area contributed by atoms with Crippen molar-refractivity contribution in [1.29, 1.82) is 0 Å². The Kier molecular flexibility index (Phi) is 11.8. The molecule has 7 nitrogen and oxygen atoms in total. The molecule has 1 aliphatic rings. The molecule has 37 heavy (non-hydrogen) atoms. The highest BCUT2D eigenvalue weighted by Crippen LogP contribution is 2.36. The van der Waals surface area contributed by atoms with E-state index in [1.54, 1.807) is 11.3 Å². The molecule has 0 bridgehead atoms. The number of ketones is 2. The van der Waals surface area contributed by atoms with Crippen molar-refractivity contribution in [3.63, 3.8) is 0 Å². The van der Waals surface area contributed by atoms with Crippen molar-refractivity contribution in [2.45, 2.75) is 33.1 Å². The Morgan fingerprint density at radius 1 is 1.32 bits per heavy atom. The van der Waals surface area contributed by atoms with Gasteiger partial charge in [0.1, 0.15) is 5.78 Å². The minimum absolute atomic E-state index is 0.0644. The zero-order valence-corrected chi connectivity index (χ0v) is 22.5. The van der Waals surface area contributed by atoms with Gasteiger partial charge in [0.15, 0.2) is 5.78 Å². The average Bonchev–Trinajstić information content (AvgIpc) is 3.27. The van der Waals surface area contributed by atoms with Crippen LogP contribution in [0.1, 0.15) is 37.3 Å². The van der Waals surface area contributed by atoms with Gasteiger partial charge in [-0.2, -0.15) is 0 Å². The molecular weight excluding hydrogens is 510 g/mol. The summed E-state index contributed by atoms with van der Waals surface area (Å²) in [5.41, 5.74) is 6.68. The third-order valence-electron chi connectivity index (χ3n) is 5.37. The molecule has 0 saturated carbocycles. The van der Waals surface area contributed by atoms with Gasteiger partial charge in [0.25, 0.3) is 6.47 Å². The Hall–Kier alpha value is -3.64. The van der Waals surface area contributed by atoms with Gasteiger partial charge in [0, 0.05) is 52.0 Å². The van der Waals surface area contributed by atoms with E-state index in [2.05, 4.69) is 46.2 Å². The molecule has 0 unspecified atom stereocenters. The highest BCUT2D eigenvalue weighted by Gasteiger charge is 2.20. The van der Waals surface area contributed by atoms with E-state index in [4.69, 9.17) is 21.5 Å². The Labute approximate surface area is 225 Å². The Morgan fingerprint density at radius 3 is 2.70 bits per heavy atom. The molecule has 4 rings (SSSR count). The lowest BCUT2D eigenvalue weighted by atomic mass is 9.93. The molecule has 0 saturated heterocycles. The maximum atomic E-state index is 11.0. The number of carbonyl (C=O) groups is 3. The predicted octanol–water partition coefficient (Wildman–Crippen LogP) is 5.48. The van der Waals surface area contributed by atoms with Crippen LogP contribution in [-0.2, 0) is 14.4 Å². The largest absolute Gasteiger partial charge is 0.483 e. The summed E-state index contributed by atoms with van der Waals surface area (Å²) in [7, 11) is 1.89. The number of Topliss-reactive ketones (excluding diaryl/α,β-unsaturated/α-hetero) is 2. The van der Waals surface area contributed by atoms with Crippen molar-refractivity contribution in [3.05, 3.63) is 63.3 Å². The highest BCUT2D eigenvalue weighted by molar-refractivity contribution is 7.17. The van der Waals surface area contributed by atoms with E-state index in [0.717, 1.165) is 22.2 Å². The average molecular weight is 538 g/mol. The number of aryl methyl sites for hydroxylation is 1. The minimum atomic E-state index is -0.250. The maximum Gasteiger partial charge on any atom is 0.290 e. The number of fused-ring (bicyclic) bond motifs is 1. The van der Waals surface area contributed by atoms with E-state index in [1.165, 1.54) is 17.2 Å². The number of rotatable bonds is 4. The molecule has 0 spiro atoms. The van der Waals surface area contributed by atoms with Crippen molar-refractivity contribution >= 4 is 57.9 Å². The van der Waals surface area contributed by atoms with Gasteiger partial charge in [-0.3, -0.25) is 24.4 Å². The first-order valence-corrected chi connectivity index (χ1v) is 12.6. The second-order valence-electron chi connectivity index (χ2n) is 7.94. The first-order valence-electron chi connectivity index (χ1n) is 11.3. The van der Waals surface area contributed by atoms with Crippen molar-refractivity contribution in [3.8, 4) is 23.0 Å². The molecule has 3 aromatic rings. The number of allylic oxidation sites excluding steroid dienone is 2. The van der Waals surface area contributed by atoms with Gasteiger partial charge in [-0.05, 0) is 69.2 Å². The van der Waals surface area contributed by atoms with Crippen molar-refractivity contribution in [2.75, 3.05) is 13.6 Å². The summed E-state index contributed by atoms with van der Waals surface area (Å²) in [5, 5.41) is 12.8. The monoisotopic (exact) mass is 537 g/mol. The molecule has 0 fully saturated rings. The number of carboxylic acid groups (broad SMARTS) is 1. The van der Waals surface area contributed by atoms with Gasteiger partial charge in [-0.25, -0.2) is 0 Å². The van der Waals surface area contributed by atoms with Crippen LogP contribution in [0.2, 0.25) is 5.02 Å². The Balaban J connectivity index is 0.000000271. The Morgan fingerprint density at radius 2 is 2.05 bits per heavy atom. The quantitative estimate of drug-likeness (QED) is 0.259. The Bertz CT molecular complexity index is 1400. The van der Waals surface area contributed by atoms with Crippen LogP contribution in [0.25, 0.3) is 21.3 Å². The van der Waals surface area contributed by atoms with Gasteiger partial charge in [0.2, 0.25) is 0 Å². The van der Waals surface area contributed by atoms with Gasteiger partial charge >= 0.3 is 0 Å². The molecule has 2 N–H and O–H groups in total. The fraction of sp³-hybridized carbons (Fsp3) is 0.250. The van der Waals surface area contributed by atoms with Crippen molar-refractivity contribution in [2.24, 2.45) is 4.99 Å². The van der Waals surface area contributed by atoms with Crippen LogP contribution in [0.3, 0.4) is 0 Å². The van der Waals surface area contributed by atoms with Crippen LogP contribution in [0, 0.1) is 18.8 Å². The first-order chi connectivity index (χ1) is 17.8. The van der Waals surface area contributed by atoms with Crippen LogP contribution < -0.4 is 5.32 Å². The smallest absolute Gasteiger partial charge is 0.290 e. The van der Waals surface area contributed by atoms with Gasteiger partial charge < -0.3 is 10.4 Å². The van der Waals surface area contributed by atoms with Crippen LogP contribution in [0.5, 0.6) is 0 Å². The molecule has 192 valence electrons. The molecule has 0 radical (unpaired) electrons. The molecule has 1 aromatic carbocycles. The summed E-state index contributed by atoms with van der Waals surface area (Å²) in [5.74, 6) is 6.40. The molecule has 1 aliphatic carbocycles.